The first-order valence-electron chi connectivity index (χ1n) is 6.38. The topological polar surface area (TPSA) is 50.7 Å². The molecule has 2 aromatic rings. The smallest absolute Gasteiger partial charge is 0.141 e. The Bertz CT molecular complexity index is 596. The van der Waals surface area contributed by atoms with E-state index in [0.29, 0.717) is 12.3 Å². The Balaban J connectivity index is 2.14. The van der Waals surface area contributed by atoms with Gasteiger partial charge in [0, 0.05) is 18.2 Å². The second kappa shape index (κ2) is 6.19. The molecule has 4 nitrogen and oxygen atoms in total. The summed E-state index contributed by atoms with van der Waals surface area (Å²) in [6.45, 7) is 2.53. The lowest BCUT2D eigenvalue weighted by Gasteiger charge is -2.13. The average molecular weight is 273 g/mol. The zero-order chi connectivity index (χ0) is 14.5. The summed E-state index contributed by atoms with van der Waals surface area (Å²) in [4.78, 5) is 0. The summed E-state index contributed by atoms with van der Waals surface area (Å²) in [5.41, 5.74) is 2.85. The van der Waals surface area contributed by atoms with Crippen LogP contribution < -0.4 is 14.8 Å². The number of aryl methyl sites for hydroxylation is 1. The monoisotopic (exact) mass is 273 g/mol. The van der Waals surface area contributed by atoms with Crippen molar-refractivity contribution in [3.8, 4) is 17.2 Å². The zero-order valence-electron chi connectivity index (χ0n) is 11.9. The predicted molar refractivity (Wildman–Crippen MR) is 79.7 cm³/mol. The normalized spacial score (nSPS) is 10.2. The first-order chi connectivity index (χ1) is 9.63. The quantitative estimate of drug-likeness (QED) is 0.877. The van der Waals surface area contributed by atoms with Gasteiger partial charge in [0.15, 0.2) is 0 Å². The van der Waals surface area contributed by atoms with E-state index in [0.717, 1.165) is 22.6 Å². The van der Waals surface area contributed by atoms with Crippen LogP contribution in [0.3, 0.4) is 0 Å². The lowest BCUT2D eigenvalue weighted by molar-refractivity contribution is 0.406. The second-order valence-corrected chi connectivity index (χ2v) is 4.55. The average Bonchev–Trinajstić information content (AvgIpc) is 2.46. The Labute approximate surface area is 119 Å². The summed E-state index contributed by atoms with van der Waals surface area (Å²) >= 11 is 0. The van der Waals surface area contributed by atoms with Gasteiger partial charge < -0.3 is 19.9 Å². The van der Waals surface area contributed by atoms with Crippen LogP contribution in [-0.2, 0) is 6.54 Å². The Morgan fingerprint density at radius 2 is 1.85 bits per heavy atom. The van der Waals surface area contributed by atoms with E-state index in [1.54, 1.807) is 20.3 Å². The Morgan fingerprint density at radius 3 is 2.50 bits per heavy atom. The number of methoxy groups -OCH3 is 2. The van der Waals surface area contributed by atoms with Crippen LogP contribution in [0.4, 0.5) is 5.69 Å². The maximum atomic E-state index is 9.93. The number of rotatable bonds is 5. The molecular formula is C16H19NO3. The van der Waals surface area contributed by atoms with Crippen molar-refractivity contribution in [1.29, 1.82) is 0 Å². The molecule has 0 bridgehead atoms. The third kappa shape index (κ3) is 3.15. The summed E-state index contributed by atoms with van der Waals surface area (Å²) < 4.78 is 10.4. The van der Waals surface area contributed by atoms with Gasteiger partial charge in [-0.15, -0.1) is 0 Å². The molecule has 0 amide bonds. The fourth-order valence-corrected chi connectivity index (χ4v) is 1.97. The van der Waals surface area contributed by atoms with E-state index in [4.69, 9.17) is 9.47 Å². The van der Waals surface area contributed by atoms with Crippen molar-refractivity contribution in [1.82, 2.24) is 0 Å². The van der Waals surface area contributed by atoms with Gasteiger partial charge in [-0.05, 0) is 36.8 Å². The fourth-order valence-electron chi connectivity index (χ4n) is 1.97. The van der Waals surface area contributed by atoms with Crippen molar-refractivity contribution in [3.63, 3.8) is 0 Å². The van der Waals surface area contributed by atoms with E-state index in [9.17, 15) is 5.11 Å². The maximum Gasteiger partial charge on any atom is 0.141 e. The van der Waals surface area contributed by atoms with Crippen LogP contribution in [0, 0.1) is 6.92 Å². The molecule has 0 saturated carbocycles. The van der Waals surface area contributed by atoms with Gasteiger partial charge in [-0.3, -0.25) is 0 Å². The molecule has 0 aromatic heterocycles. The number of hydrogen-bond donors (Lipinski definition) is 2. The van der Waals surface area contributed by atoms with E-state index >= 15 is 0 Å². The number of aromatic hydroxyl groups is 1. The molecule has 106 valence electrons. The van der Waals surface area contributed by atoms with Gasteiger partial charge in [-0.1, -0.05) is 6.07 Å². The first kappa shape index (κ1) is 14.1. The minimum absolute atomic E-state index is 0.212. The molecule has 0 spiro atoms. The fraction of sp³-hybridized carbons (Fsp3) is 0.250. The molecule has 0 atom stereocenters. The lowest BCUT2D eigenvalue weighted by atomic mass is 10.1. The summed E-state index contributed by atoms with van der Waals surface area (Å²) in [5, 5.41) is 13.2. The van der Waals surface area contributed by atoms with Crippen LogP contribution in [0.1, 0.15) is 11.1 Å². The molecule has 0 aliphatic rings. The highest BCUT2D eigenvalue weighted by Crippen LogP contribution is 2.28. The van der Waals surface area contributed by atoms with Crippen molar-refractivity contribution >= 4 is 5.69 Å². The van der Waals surface area contributed by atoms with Crippen molar-refractivity contribution in [3.05, 3.63) is 47.5 Å². The number of phenols is 1. The molecule has 2 N–H and O–H groups in total. The summed E-state index contributed by atoms with van der Waals surface area (Å²) in [5.74, 6) is 1.63. The highest BCUT2D eigenvalue weighted by Gasteiger charge is 2.06. The molecule has 4 heteroatoms. The molecular weight excluding hydrogens is 254 g/mol. The van der Waals surface area contributed by atoms with E-state index in [1.165, 1.54) is 0 Å². The van der Waals surface area contributed by atoms with E-state index in [2.05, 4.69) is 5.32 Å². The van der Waals surface area contributed by atoms with Crippen molar-refractivity contribution < 1.29 is 14.6 Å². The molecule has 0 radical (unpaired) electrons. The molecule has 0 heterocycles. The molecule has 0 saturated heterocycles. The van der Waals surface area contributed by atoms with Gasteiger partial charge in [0.05, 0.1) is 19.9 Å². The second-order valence-electron chi connectivity index (χ2n) is 4.55. The highest BCUT2D eigenvalue weighted by molar-refractivity contribution is 5.58. The molecule has 0 unspecified atom stereocenters. The zero-order valence-corrected chi connectivity index (χ0v) is 11.9. The Hall–Kier alpha value is -2.36. The number of nitrogens with one attached hydrogen (secondary N) is 1. The Morgan fingerprint density at radius 1 is 1.05 bits per heavy atom. The molecule has 0 aliphatic carbocycles. The summed E-state index contributed by atoms with van der Waals surface area (Å²) in [6.07, 6.45) is 0. The van der Waals surface area contributed by atoms with Crippen LogP contribution in [0.5, 0.6) is 17.2 Å². The van der Waals surface area contributed by atoms with Crippen LogP contribution in [0.2, 0.25) is 0 Å². The number of phenolic OH excluding ortho intramolecular Hbond substituents is 1. The molecule has 20 heavy (non-hydrogen) atoms. The van der Waals surface area contributed by atoms with Crippen LogP contribution in [0.25, 0.3) is 0 Å². The van der Waals surface area contributed by atoms with E-state index in [1.807, 2.05) is 37.3 Å². The van der Waals surface area contributed by atoms with Gasteiger partial charge in [-0.25, -0.2) is 0 Å². The number of ether oxygens (including phenoxy) is 2. The minimum Gasteiger partial charge on any atom is -0.507 e. The van der Waals surface area contributed by atoms with Gasteiger partial charge >= 0.3 is 0 Å². The lowest BCUT2D eigenvalue weighted by Crippen LogP contribution is -2.02. The largest absolute Gasteiger partial charge is 0.507 e. The molecule has 2 rings (SSSR count). The van der Waals surface area contributed by atoms with Crippen LogP contribution >= 0.6 is 0 Å². The predicted octanol–water partition coefficient (Wildman–Crippen LogP) is 3.33. The van der Waals surface area contributed by atoms with Crippen LogP contribution in [-0.4, -0.2) is 19.3 Å². The summed E-state index contributed by atoms with van der Waals surface area (Å²) in [7, 11) is 3.21. The van der Waals surface area contributed by atoms with Gasteiger partial charge in [-0.2, -0.15) is 0 Å². The van der Waals surface area contributed by atoms with Crippen molar-refractivity contribution in [2.24, 2.45) is 0 Å². The van der Waals surface area contributed by atoms with Crippen LogP contribution in [0.15, 0.2) is 36.4 Å². The number of benzene rings is 2. The highest BCUT2D eigenvalue weighted by atomic mass is 16.5. The SMILES string of the molecule is COc1ccc(CNc2cc(C)ccc2OC)c(O)c1. The third-order valence-electron chi connectivity index (χ3n) is 3.12. The third-order valence-corrected chi connectivity index (χ3v) is 3.12. The van der Waals surface area contributed by atoms with E-state index < -0.39 is 0 Å². The van der Waals surface area contributed by atoms with Gasteiger partial charge in [0.2, 0.25) is 0 Å². The molecule has 0 fully saturated rings. The van der Waals surface area contributed by atoms with E-state index in [-0.39, 0.29) is 5.75 Å². The van der Waals surface area contributed by atoms with Gasteiger partial charge in [0.1, 0.15) is 17.2 Å². The van der Waals surface area contributed by atoms with Crippen molar-refractivity contribution in [2.75, 3.05) is 19.5 Å². The maximum absolute atomic E-state index is 9.93. The number of hydrogen-bond acceptors (Lipinski definition) is 4. The molecule has 2 aromatic carbocycles. The summed E-state index contributed by atoms with van der Waals surface area (Å²) in [6, 6.07) is 11.2. The van der Waals surface area contributed by atoms with Gasteiger partial charge in [0.25, 0.3) is 0 Å². The van der Waals surface area contributed by atoms with Crippen molar-refractivity contribution in [2.45, 2.75) is 13.5 Å². The Kier molecular flexibility index (Phi) is 4.35. The molecule has 0 aliphatic heterocycles. The minimum atomic E-state index is 0.212. The standard InChI is InChI=1S/C16H19NO3/c1-11-4-7-16(20-3)14(8-11)17-10-12-5-6-13(19-2)9-15(12)18/h4-9,17-18H,10H2,1-3H3. The number of anilines is 1. The first-order valence-corrected chi connectivity index (χ1v) is 6.38.